The first-order valence-corrected chi connectivity index (χ1v) is 7.20. The normalized spacial score (nSPS) is 19.4. The van der Waals surface area contributed by atoms with Crippen LogP contribution in [0.1, 0.15) is 10.4 Å². The van der Waals surface area contributed by atoms with Crippen molar-refractivity contribution in [2.75, 3.05) is 11.6 Å². The van der Waals surface area contributed by atoms with Crippen LogP contribution in [-0.2, 0) is 4.79 Å². The van der Waals surface area contributed by atoms with Gasteiger partial charge in [-0.25, -0.2) is 4.79 Å². The molecule has 90 valence electrons. The summed E-state index contributed by atoms with van der Waals surface area (Å²) in [5, 5.41) is 9.04. The first kappa shape index (κ1) is 12.7. The molecular formula is C11H10INO3S. The zero-order valence-corrected chi connectivity index (χ0v) is 11.8. The van der Waals surface area contributed by atoms with E-state index in [9.17, 15) is 9.59 Å². The largest absolute Gasteiger partial charge is 0.480 e. The molecule has 1 saturated heterocycles. The number of rotatable bonds is 2. The summed E-state index contributed by atoms with van der Waals surface area (Å²) in [5.41, 5.74) is 0.571. The Bertz CT molecular complexity index is 466. The van der Waals surface area contributed by atoms with Crippen molar-refractivity contribution in [2.45, 2.75) is 6.04 Å². The van der Waals surface area contributed by atoms with Gasteiger partial charge in [-0.05, 0) is 34.7 Å². The van der Waals surface area contributed by atoms with Gasteiger partial charge in [-0.1, -0.05) is 12.1 Å². The van der Waals surface area contributed by atoms with E-state index in [1.165, 1.54) is 16.7 Å². The molecule has 0 spiro atoms. The Morgan fingerprint density at radius 2 is 2.12 bits per heavy atom. The summed E-state index contributed by atoms with van der Waals surface area (Å²) in [6, 6.07) is 6.50. The molecule has 0 aliphatic carbocycles. The first-order chi connectivity index (χ1) is 8.11. The van der Waals surface area contributed by atoms with Crippen LogP contribution in [0.25, 0.3) is 0 Å². The summed E-state index contributed by atoms with van der Waals surface area (Å²) in [6.07, 6.45) is 0. The Balaban J connectivity index is 2.26. The summed E-state index contributed by atoms with van der Waals surface area (Å²) in [6.45, 7) is 0. The third-order valence-electron chi connectivity index (χ3n) is 2.53. The molecule has 1 aromatic rings. The van der Waals surface area contributed by atoms with Crippen LogP contribution in [0, 0.1) is 3.57 Å². The van der Waals surface area contributed by atoms with Crippen LogP contribution in [0.15, 0.2) is 24.3 Å². The fraction of sp³-hybridized carbons (Fsp3) is 0.273. The number of carbonyl (C=O) groups is 2. The maximum Gasteiger partial charge on any atom is 0.327 e. The predicted octanol–water partition coefficient (Wildman–Crippen LogP) is 1.89. The quantitative estimate of drug-likeness (QED) is 0.816. The fourth-order valence-electron chi connectivity index (χ4n) is 1.64. The Kier molecular flexibility index (Phi) is 3.93. The average Bonchev–Trinajstić information content (AvgIpc) is 2.77. The van der Waals surface area contributed by atoms with Gasteiger partial charge in [0, 0.05) is 9.32 Å². The van der Waals surface area contributed by atoms with Gasteiger partial charge in [0.05, 0.1) is 11.4 Å². The molecule has 1 fully saturated rings. The van der Waals surface area contributed by atoms with Gasteiger partial charge in [-0.3, -0.25) is 4.79 Å². The van der Waals surface area contributed by atoms with E-state index in [2.05, 4.69) is 22.6 Å². The average molecular weight is 363 g/mol. The van der Waals surface area contributed by atoms with Crippen LogP contribution in [0.5, 0.6) is 0 Å². The van der Waals surface area contributed by atoms with Crippen molar-refractivity contribution >= 4 is 46.2 Å². The molecule has 0 aromatic heterocycles. The Morgan fingerprint density at radius 1 is 1.41 bits per heavy atom. The van der Waals surface area contributed by atoms with Crippen molar-refractivity contribution < 1.29 is 14.7 Å². The maximum atomic E-state index is 12.2. The summed E-state index contributed by atoms with van der Waals surface area (Å²) in [5.74, 6) is -0.229. The van der Waals surface area contributed by atoms with Crippen LogP contribution >= 0.6 is 34.4 Å². The third-order valence-corrected chi connectivity index (χ3v) is 4.49. The molecule has 1 N–H and O–H groups in total. The van der Waals surface area contributed by atoms with Crippen LogP contribution < -0.4 is 0 Å². The predicted molar refractivity (Wildman–Crippen MR) is 74.1 cm³/mol. The lowest BCUT2D eigenvalue weighted by Gasteiger charge is -2.20. The number of halogens is 1. The van der Waals surface area contributed by atoms with E-state index < -0.39 is 12.0 Å². The first-order valence-electron chi connectivity index (χ1n) is 4.97. The number of carboxylic acid groups (broad SMARTS) is 1. The van der Waals surface area contributed by atoms with E-state index >= 15 is 0 Å². The van der Waals surface area contributed by atoms with E-state index in [0.29, 0.717) is 17.2 Å². The molecule has 1 heterocycles. The summed E-state index contributed by atoms with van der Waals surface area (Å²) >= 11 is 3.55. The number of hydrogen-bond donors (Lipinski definition) is 1. The van der Waals surface area contributed by atoms with E-state index in [1.807, 2.05) is 12.1 Å². The molecule has 2 rings (SSSR count). The van der Waals surface area contributed by atoms with Crippen molar-refractivity contribution in [1.29, 1.82) is 0 Å². The highest BCUT2D eigenvalue weighted by molar-refractivity contribution is 14.1. The number of thioether (sulfide) groups is 1. The lowest BCUT2D eigenvalue weighted by Crippen LogP contribution is -2.42. The number of amides is 1. The second-order valence-electron chi connectivity index (χ2n) is 3.61. The lowest BCUT2D eigenvalue weighted by molar-refractivity contribution is -0.140. The van der Waals surface area contributed by atoms with Crippen LogP contribution in [0.2, 0.25) is 0 Å². The van der Waals surface area contributed by atoms with Gasteiger partial charge >= 0.3 is 5.97 Å². The molecule has 0 bridgehead atoms. The van der Waals surface area contributed by atoms with Gasteiger partial charge in [0.2, 0.25) is 0 Å². The van der Waals surface area contributed by atoms with E-state index in [4.69, 9.17) is 5.11 Å². The summed E-state index contributed by atoms with van der Waals surface area (Å²) in [7, 11) is 0. The zero-order valence-electron chi connectivity index (χ0n) is 8.80. The molecule has 0 radical (unpaired) electrons. The number of carboxylic acids is 1. The van der Waals surface area contributed by atoms with Crippen LogP contribution in [0.4, 0.5) is 0 Å². The molecule has 1 amide bonds. The number of benzene rings is 1. The van der Waals surface area contributed by atoms with Crippen molar-refractivity contribution in [1.82, 2.24) is 4.90 Å². The molecule has 6 heteroatoms. The molecule has 0 unspecified atom stereocenters. The van der Waals surface area contributed by atoms with Crippen molar-refractivity contribution in [3.63, 3.8) is 0 Å². The fourth-order valence-corrected chi connectivity index (χ4v) is 3.40. The van der Waals surface area contributed by atoms with Gasteiger partial charge in [0.25, 0.3) is 5.91 Å². The Morgan fingerprint density at radius 3 is 2.76 bits per heavy atom. The van der Waals surface area contributed by atoms with Crippen LogP contribution in [0.3, 0.4) is 0 Å². The summed E-state index contributed by atoms with van der Waals surface area (Å²) in [4.78, 5) is 24.7. The number of aliphatic carboxylic acids is 1. The SMILES string of the molecule is O=C(O)[C@@H]1CSCN1C(=O)c1ccccc1I. The Labute approximate surface area is 117 Å². The minimum absolute atomic E-state index is 0.201. The van der Waals surface area contributed by atoms with Gasteiger partial charge < -0.3 is 10.0 Å². The minimum Gasteiger partial charge on any atom is -0.480 e. The molecule has 17 heavy (non-hydrogen) atoms. The minimum atomic E-state index is -0.936. The third kappa shape index (κ3) is 2.57. The highest BCUT2D eigenvalue weighted by atomic mass is 127. The lowest BCUT2D eigenvalue weighted by atomic mass is 10.2. The number of carbonyl (C=O) groups excluding carboxylic acids is 1. The van der Waals surface area contributed by atoms with E-state index in [-0.39, 0.29) is 5.91 Å². The summed E-state index contributed by atoms with van der Waals surface area (Å²) < 4.78 is 0.844. The highest BCUT2D eigenvalue weighted by Crippen LogP contribution is 2.24. The molecule has 1 atom stereocenters. The van der Waals surface area contributed by atoms with Gasteiger partial charge in [-0.15, -0.1) is 11.8 Å². The molecule has 1 aliphatic heterocycles. The smallest absolute Gasteiger partial charge is 0.327 e. The van der Waals surface area contributed by atoms with E-state index in [1.54, 1.807) is 12.1 Å². The number of hydrogen-bond acceptors (Lipinski definition) is 3. The number of nitrogens with zero attached hydrogens (tertiary/aromatic N) is 1. The highest BCUT2D eigenvalue weighted by Gasteiger charge is 2.35. The second kappa shape index (κ2) is 5.26. The molecular weight excluding hydrogens is 353 g/mol. The molecule has 4 nitrogen and oxygen atoms in total. The van der Waals surface area contributed by atoms with Crippen LogP contribution in [-0.4, -0.2) is 39.6 Å². The molecule has 1 aliphatic rings. The van der Waals surface area contributed by atoms with Gasteiger partial charge in [0.1, 0.15) is 6.04 Å². The van der Waals surface area contributed by atoms with E-state index in [0.717, 1.165) is 3.57 Å². The molecule has 0 saturated carbocycles. The van der Waals surface area contributed by atoms with Crippen molar-refractivity contribution in [3.8, 4) is 0 Å². The van der Waals surface area contributed by atoms with Crippen molar-refractivity contribution in [2.24, 2.45) is 0 Å². The molecule has 1 aromatic carbocycles. The topological polar surface area (TPSA) is 57.6 Å². The maximum absolute atomic E-state index is 12.2. The van der Waals surface area contributed by atoms with Gasteiger partial charge in [0.15, 0.2) is 0 Å². The second-order valence-corrected chi connectivity index (χ2v) is 5.77. The van der Waals surface area contributed by atoms with Crippen molar-refractivity contribution in [3.05, 3.63) is 33.4 Å². The van der Waals surface area contributed by atoms with Gasteiger partial charge in [-0.2, -0.15) is 0 Å². The standard InChI is InChI=1S/C11H10INO3S/c12-8-4-2-1-3-7(8)10(14)13-6-17-5-9(13)11(15)16/h1-4,9H,5-6H2,(H,15,16)/t9-/m0/s1. The zero-order chi connectivity index (χ0) is 12.4. The monoisotopic (exact) mass is 363 g/mol. The Hall–Kier alpha value is -0.760.